The molecular formula is C11H14F3N3. The molecule has 0 saturated heterocycles. The molecule has 0 aliphatic rings. The number of benzene rings is 1. The zero-order valence-electron chi connectivity index (χ0n) is 9.62. The lowest BCUT2D eigenvalue weighted by molar-refractivity contribution is -0.137. The molecule has 0 heterocycles. The third-order valence-electron chi connectivity index (χ3n) is 2.32. The van der Waals surface area contributed by atoms with Crippen LogP contribution in [0, 0.1) is 0 Å². The maximum atomic E-state index is 12.3. The van der Waals surface area contributed by atoms with Crippen LogP contribution in [0.1, 0.15) is 11.1 Å². The molecule has 0 atom stereocenters. The van der Waals surface area contributed by atoms with Gasteiger partial charge < -0.3 is 10.6 Å². The van der Waals surface area contributed by atoms with E-state index in [2.05, 4.69) is 4.99 Å². The van der Waals surface area contributed by atoms with Crippen LogP contribution >= 0.6 is 0 Å². The summed E-state index contributed by atoms with van der Waals surface area (Å²) in [5.74, 6) is 0.338. The molecule has 0 aliphatic heterocycles. The summed E-state index contributed by atoms with van der Waals surface area (Å²) in [6, 6.07) is 4.98. The quantitative estimate of drug-likeness (QED) is 0.640. The fourth-order valence-corrected chi connectivity index (χ4v) is 1.32. The molecule has 3 nitrogen and oxygen atoms in total. The first-order valence-electron chi connectivity index (χ1n) is 4.94. The number of alkyl halides is 3. The van der Waals surface area contributed by atoms with E-state index < -0.39 is 11.7 Å². The summed E-state index contributed by atoms with van der Waals surface area (Å²) in [6.07, 6.45) is -4.30. The lowest BCUT2D eigenvalue weighted by Gasteiger charge is -2.17. The summed E-state index contributed by atoms with van der Waals surface area (Å²) < 4.78 is 36.9. The molecule has 1 aromatic carbocycles. The number of nitrogens with two attached hydrogens (primary N) is 1. The Hall–Kier alpha value is -1.72. The van der Waals surface area contributed by atoms with Gasteiger partial charge in [0, 0.05) is 20.6 Å². The van der Waals surface area contributed by atoms with Crippen molar-refractivity contribution in [2.24, 2.45) is 10.7 Å². The molecule has 2 N–H and O–H groups in total. The van der Waals surface area contributed by atoms with E-state index in [1.165, 1.54) is 12.1 Å². The minimum Gasteiger partial charge on any atom is -0.370 e. The summed E-state index contributed by atoms with van der Waals surface area (Å²) in [5.41, 5.74) is 5.65. The van der Waals surface area contributed by atoms with Gasteiger partial charge in [-0.2, -0.15) is 13.2 Å². The van der Waals surface area contributed by atoms with Crippen LogP contribution in [-0.4, -0.2) is 25.0 Å². The van der Waals surface area contributed by atoms with E-state index in [9.17, 15) is 13.2 Å². The normalized spacial score (nSPS) is 12.6. The average Bonchev–Trinajstić information content (AvgIpc) is 2.27. The van der Waals surface area contributed by atoms with Gasteiger partial charge in [0.25, 0.3) is 0 Å². The highest BCUT2D eigenvalue weighted by Crippen LogP contribution is 2.29. The van der Waals surface area contributed by atoms with E-state index in [1.54, 1.807) is 19.0 Å². The summed E-state index contributed by atoms with van der Waals surface area (Å²) in [4.78, 5) is 5.44. The molecule has 0 fully saturated rings. The SMILES string of the molecule is CN=C(N)N(C)Cc1ccc(C(F)(F)F)cc1. The summed E-state index contributed by atoms with van der Waals surface area (Å²) in [6.45, 7) is 0.418. The van der Waals surface area contributed by atoms with Crippen LogP contribution in [0.4, 0.5) is 13.2 Å². The van der Waals surface area contributed by atoms with Gasteiger partial charge >= 0.3 is 6.18 Å². The van der Waals surface area contributed by atoms with Crippen molar-refractivity contribution < 1.29 is 13.2 Å². The highest BCUT2D eigenvalue weighted by Gasteiger charge is 2.29. The maximum absolute atomic E-state index is 12.3. The van der Waals surface area contributed by atoms with Crippen molar-refractivity contribution in [2.45, 2.75) is 12.7 Å². The Labute approximate surface area is 97.7 Å². The smallest absolute Gasteiger partial charge is 0.370 e. The second kappa shape index (κ2) is 5.07. The number of rotatable bonds is 2. The van der Waals surface area contributed by atoms with E-state index in [1.807, 2.05) is 0 Å². The zero-order chi connectivity index (χ0) is 13.1. The molecule has 1 rings (SSSR count). The third-order valence-corrected chi connectivity index (χ3v) is 2.32. The number of nitrogens with zero attached hydrogens (tertiary/aromatic N) is 2. The largest absolute Gasteiger partial charge is 0.416 e. The summed E-state index contributed by atoms with van der Waals surface area (Å²) in [7, 11) is 3.28. The fourth-order valence-electron chi connectivity index (χ4n) is 1.32. The van der Waals surface area contributed by atoms with Crippen LogP contribution in [0.15, 0.2) is 29.3 Å². The topological polar surface area (TPSA) is 41.6 Å². The molecule has 17 heavy (non-hydrogen) atoms. The molecular weight excluding hydrogens is 231 g/mol. The Bertz CT molecular complexity index is 395. The third kappa shape index (κ3) is 3.65. The van der Waals surface area contributed by atoms with E-state index in [4.69, 9.17) is 5.73 Å². The van der Waals surface area contributed by atoms with Gasteiger partial charge in [0.15, 0.2) is 5.96 Å². The number of guanidine groups is 1. The van der Waals surface area contributed by atoms with E-state index >= 15 is 0 Å². The molecule has 6 heteroatoms. The van der Waals surface area contributed by atoms with Crippen LogP contribution in [0.5, 0.6) is 0 Å². The minimum atomic E-state index is -4.30. The minimum absolute atomic E-state index is 0.338. The number of aliphatic imine (C=N–C) groups is 1. The van der Waals surface area contributed by atoms with Gasteiger partial charge in [0.05, 0.1) is 5.56 Å². The van der Waals surface area contributed by atoms with Gasteiger partial charge in [-0.3, -0.25) is 4.99 Å². The standard InChI is InChI=1S/C11H14F3N3/c1-16-10(15)17(2)7-8-3-5-9(6-4-8)11(12,13)14/h3-6H,7H2,1-2H3,(H2,15,16). The first-order valence-corrected chi connectivity index (χ1v) is 4.94. The van der Waals surface area contributed by atoms with Crippen LogP contribution in [0.25, 0.3) is 0 Å². The molecule has 0 bridgehead atoms. The first-order chi connectivity index (χ1) is 7.84. The molecule has 0 amide bonds. The van der Waals surface area contributed by atoms with Crippen molar-refractivity contribution in [3.05, 3.63) is 35.4 Å². The van der Waals surface area contributed by atoms with Crippen LogP contribution in [-0.2, 0) is 12.7 Å². The molecule has 0 aliphatic carbocycles. The van der Waals surface area contributed by atoms with Crippen molar-refractivity contribution in [1.29, 1.82) is 0 Å². The average molecular weight is 245 g/mol. The van der Waals surface area contributed by atoms with Crippen molar-refractivity contribution >= 4 is 5.96 Å². The van der Waals surface area contributed by atoms with Crippen molar-refractivity contribution in [1.82, 2.24) is 4.90 Å². The second-order valence-electron chi connectivity index (χ2n) is 3.63. The molecule has 0 spiro atoms. The molecule has 0 radical (unpaired) electrons. The second-order valence-corrected chi connectivity index (χ2v) is 3.63. The van der Waals surface area contributed by atoms with Gasteiger partial charge in [-0.15, -0.1) is 0 Å². The fraction of sp³-hybridized carbons (Fsp3) is 0.364. The predicted octanol–water partition coefficient (Wildman–Crippen LogP) is 2.08. The van der Waals surface area contributed by atoms with Crippen molar-refractivity contribution in [3.63, 3.8) is 0 Å². The number of hydrogen-bond donors (Lipinski definition) is 1. The van der Waals surface area contributed by atoms with E-state index in [-0.39, 0.29) is 0 Å². The first kappa shape index (κ1) is 13.3. The maximum Gasteiger partial charge on any atom is 0.416 e. The van der Waals surface area contributed by atoms with Gasteiger partial charge in [0.1, 0.15) is 0 Å². The predicted molar refractivity (Wildman–Crippen MR) is 60.5 cm³/mol. The lowest BCUT2D eigenvalue weighted by atomic mass is 10.1. The Morgan fingerprint density at radius 2 is 1.82 bits per heavy atom. The van der Waals surface area contributed by atoms with Crippen molar-refractivity contribution in [3.8, 4) is 0 Å². The lowest BCUT2D eigenvalue weighted by Crippen LogP contribution is -2.33. The zero-order valence-corrected chi connectivity index (χ0v) is 9.62. The monoisotopic (exact) mass is 245 g/mol. The summed E-state index contributed by atoms with van der Waals surface area (Å²) >= 11 is 0. The Kier molecular flexibility index (Phi) is 3.98. The Morgan fingerprint density at radius 3 is 2.24 bits per heavy atom. The van der Waals surface area contributed by atoms with Crippen LogP contribution in [0.3, 0.4) is 0 Å². The Morgan fingerprint density at radius 1 is 1.29 bits per heavy atom. The van der Waals surface area contributed by atoms with Gasteiger partial charge in [-0.1, -0.05) is 12.1 Å². The van der Waals surface area contributed by atoms with Crippen LogP contribution < -0.4 is 5.73 Å². The number of hydrogen-bond acceptors (Lipinski definition) is 1. The number of halogens is 3. The highest BCUT2D eigenvalue weighted by molar-refractivity contribution is 5.77. The van der Waals surface area contributed by atoms with Crippen LogP contribution in [0.2, 0.25) is 0 Å². The molecule has 94 valence electrons. The van der Waals surface area contributed by atoms with E-state index in [0.717, 1.165) is 17.7 Å². The highest BCUT2D eigenvalue weighted by atomic mass is 19.4. The molecule has 0 unspecified atom stereocenters. The van der Waals surface area contributed by atoms with Gasteiger partial charge in [0.2, 0.25) is 0 Å². The molecule has 0 aromatic heterocycles. The van der Waals surface area contributed by atoms with Crippen molar-refractivity contribution in [2.75, 3.05) is 14.1 Å². The molecule has 1 aromatic rings. The van der Waals surface area contributed by atoms with Gasteiger partial charge in [-0.25, -0.2) is 0 Å². The Balaban J connectivity index is 2.76. The molecule has 0 saturated carbocycles. The van der Waals surface area contributed by atoms with Gasteiger partial charge in [-0.05, 0) is 17.7 Å². The van der Waals surface area contributed by atoms with E-state index in [0.29, 0.717) is 12.5 Å². The summed E-state index contributed by atoms with van der Waals surface area (Å²) in [5, 5.41) is 0.